The van der Waals surface area contributed by atoms with Gasteiger partial charge in [-0.3, -0.25) is 0 Å². The van der Waals surface area contributed by atoms with Crippen LogP contribution in [0.5, 0.6) is 0 Å². The first-order chi connectivity index (χ1) is 13.3. The van der Waals surface area contributed by atoms with Gasteiger partial charge >= 0.3 is 5.97 Å². The van der Waals surface area contributed by atoms with Crippen molar-refractivity contribution < 1.29 is 9.53 Å². The van der Waals surface area contributed by atoms with Crippen LogP contribution in [0.15, 0.2) is 37.1 Å². The van der Waals surface area contributed by atoms with Gasteiger partial charge in [-0.15, -0.1) is 11.3 Å². The van der Waals surface area contributed by atoms with Crippen LogP contribution < -0.4 is 0 Å². The SMILES string of the molecule is C=CCOC(=O)c1sc(-c2ccc3c(c2)c(C#N)cn3C(C)(C)C#N)nc1C. The molecule has 0 radical (unpaired) electrons. The zero-order valence-electron chi connectivity index (χ0n) is 15.8. The summed E-state index contributed by atoms with van der Waals surface area (Å²) in [6.07, 6.45) is 3.21. The Hall–Kier alpha value is -3.42. The number of fused-ring (bicyclic) bond motifs is 1. The van der Waals surface area contributed by atoms with Crippen molar-refractivity contribution in [3.8, 4) is 22.7 Å². The number of hydrogen-bond donors (Lipinski definition) is 0. The lowest BCUT2D eigenvalue weighted by molar-refractivity contribution is 0.0554. The van der Waals surface area contributed by atoms with Crippen LogP contribution in [-0.2, 0) is 10.3 Å². The van der Waals surface area contributed by atoms with Crippen LogP contribution in [0.2, 0.25) is 0 Å². The molecule has 0 saturated carbocycles. The van der Waals surface area contributed by atoms with E-state index < -0.39 is 11.5 Å². The third kappa shape index (κ3) is 3.28. The minimum absolute atomic E-state index is 0.144. The van der Waals surface area contributed by atoms with Crippen molar-refractivity contribution in [1.82, 2.24) is 9.55 Å². The molecule has 2 aromatic heterocycles. The van der Waals surface area contributed by atoms with Gasteiger partial charge in [-0.25, -0.2) is 9.78 Å². The van der Waals surface area contributed by atoms with E-state index in [9.17, 15) is 15.3 Å². The van der Waals surface area contributed by atoms with Crippen LogP contribution in [0.1, 0.15) is 34.8 Å². The predicted octanol–water partition coefficient (Wildman–Crippen LogP) is 4.55. The average molecular weight is 390 g/mol. The van der Waals surface area contributed by atoms with Crippen molar-refractivity contribution in [1.29, 1.82) is 10.5 Å². The summed E-state index contributed by atoms with van der Waals surface area (Å²) in [4.78, 5) is 17.1. The number of carbonyl (C=O) groups is 1. The Labute approximate surface area is 166 Å². The Morgan fingerprint density at radius 3 is 2.82 bits per heavy atom. The minimum atomic E-state index is -0.783. The summed E-state index contributed by atoms with van der Waals surface area (Å²) >= 11 is 1.25. The molecule has 1 aromatic carbocycles. The summed E-state index contributed by atoms with van der Waals surface area (Å²) in [5, 5.41) is 20.4. The summed E-state index contributed by atoms with van der Waals surface area (Å²) in [5.41, 5.74) is 1.89. The summed E-state index contributed by atoms with van der Waals surface area (Å²) < 4.78 is 6.91. The van der Waals surface area contributed by atoms with E-state index in [0.29, 0.717) is 21.1 Å². The first kappa shape index (κ1) is 19.3. The van der Waals surface area contributed by atoms with Crippen LogP contribution in [0.3, 0.4) is 0 Å². The molecule has 6 nitrogen and oxygen atoms in total. The third-order valence-electron chi connectivity index (χ3n) is 4.36. The maximum absolute atomic E-state index is 12.2. The Bertz CT molecular complexity index is 1170. The number of rotatable bonds is 5. The lowest BCUT2D eigenvalue weighted by atomic mass is 10.1. The van der Waals surface area contributed by atoms with E-state index in [1.165, 1.54) is 17.4 Å². The van der Waals surface area contributed by atoms with Crippen LogP contribution in [0, 0.1) is 29.6 Å². The molecule has 140 valence electrons. The van der Waals surface area contributed by atoms with E-state index in [1.54, 1.807) is 31.5 Å². The first-order valence-corrected chi connectivity index (χ1v) is 9.36. The molecule has 7 heteroatoms. The van der Waals surface area contributed by atoms with E-state index in [1.807, 2.05) is 18.2 Å². The van der Waals surface area contributed by atoms with Gasteiger partial charge in [-0.2, -0.15) is 10.5 Å². The molecule has 3 aromatic rings. The molecule has 0 fully saturated rings. The smallest absolute Gasteiger partial charge is 0.350 e. The standard InChI is InChI=1S/C21H18N4O2S/c1-5-8-27-20(26)18-13(2)24-19(28-18)14-6-7-17-16(9-14)15(10-22)11-25(17)21(3,4)12-23/h5-7,9,11H,1,8H2,2-4H3. The van der Waals surface area contributed by atoms with Crippen LogP contribution in [0.25, 0.3) is 21.5 Å². The highest BCUT2D eigenvalue weighted by molar-refractivity contribution is 7.17. The molecule has 0 aliphatic heterocycles. The van der Waals surface area contributed by atoms with Crippen molar-refractivity contribution in [3.63, 3.8) is 0 Å². The summed E-state index contributed by atoms with van der Waals surface area (Å²) in [6, 6.07) is 10.1. The second kappa shape index (κ2) is 7.30. The Morgan fingerprint density at radius 1 is 1.43 bits per heavy atom. The fourth-order valence-corrected chi connectivity index (χ4v) is 3.83. The van der Waals surface area contributed by atoms with Crippen molar-refractivity contribution in [2.75, 3.05) is 6.61 Å². The Morgan fingerprint density at radius 2 is 2.18 bits per heavy atom. The molecule has 0 aliphatic carbocycles. The van der Waals surface area contributed by atoms with Gasteiger partial charge in [0.05, 0.1) is 22.8 Å². The van der Waals surface area contributed by atoms with Gasteiger partial charge in [0.1, 0.15) is 28.1 Å². The summed E-state index contributed by atoms with van der Waals surface area (Å²) in [7, 11) is 0. The van der Waals surface area contributed by atoms with Gasteiger partial charge in [-0.1, -0.05) is 12.7 Å². The van der Waals surface area contributed by atoms with Gasteiger partial charge in [0.2, 0.25) is 0 Å². The zero-order chi connectivity index (χ0) is 20.5. The number of aromatic nitrogens is 2. The van der Waals surface area contributed by atoms with E-state index in [4.69, 9.17) is 4.74 Å². The van der Waals surface area contributed by atoms with Crippen molar-refractivity contribution >= 4 is 28.2 Å². The van der Waals surface area contributed by atoms with Crippen molar-refractivity contribution in [3.05, 3.63) is 53.2 Å². The zero-order valence-corrected chi connectivity index (χ0v) is 16.6. The monoisotopic (exact) mass is 390 g/mol. The number of hydrogen-bond acceptors (Lipinski definition) is 6. The average Bonchev–Trinajstić information content (AvgIpc) is 3.26. The van der Waals surface area contributed by atoms with E-state index in [-0.39, 0.29) is 6.61 Å². The molecule has 0 bridgehead atoms. The molecule has 0 atom stereocenters. The van der Waals surface area contributed by atoms with E-state index >= 15 is 0 Å². The maximum atomic E-state index is 12.2. The molecule has 0 N–H and O–H groups in total. The molecule has 2 heterocycles. The van der Waals surface area contributed by atoms with E-state index in [0.717, 1.165) is 16.5 Å². The molecule has 0 aliphatic rings. The highest BCUT2D eigenvalue weighted by Gasteiger charge is 2.24. The number of aryl methyl sites for hydroxylation is 1. The van der Waals surface area contributed by atoms with Gasteiger partial charge in [0.15, 0.2) is 0 Å². The summed E-state index contributed by atoms with van der Waals surface area (Å²) in [5.74, 6) is -0.429. The molecule has 28 heavy (non-hydrogen) atoms. The fourth-order valence-electron chi connectivity index (χ4n) is 2.88. The minimum Gasteiger partial charge on any atom is -0.457 e. The molecular weight excluding hydrogens is 372 g/mol. The number of carbonyl (C=O) groups excluding carboxylic acids is 1. The van der Waals surface area contributed by atoms with Gasteiger partial charge < -0.3 is 9.30 Å². The van der Waals surface area contributed by atoms with Gasteiger partial charge in [-0.05, 0) is 39.0 Å². The Kier molecular flexibility index (Phi) is 5.04. The van der Waals surface area contributed by atoms with Crippen LogP contribution >= 0.6 is 11.3 Å². The van der Waals surface area contributed by atoms with Crippen molar-refractivity contribution in [2.24, 2.45) is 0 Å². The highest BCUT2D eigenvalue weighted by Crippen LogP contribution is 2.34. The highest BCUT2D eigenvalue weighted by atomic mass is 32.1. The van der Waals surface area contributed by atoms with Gasteiger partial charge in [0, 0.05) is 17.1 Å². The molecule has 0 amide bonds. The van der Waals surface area contributed by atoms with Crippen LogP contribution in [0.4, 0.5) is 0 Å². The lowest BCUT2D eigenvalue weighted by Gasteiger charge is -2.19. The number of nitrogens with zero attached hydrogens (tertiary/aromatic N) is 4. The van der Waals surface area contributed by atoms with E-state index in [2.05, 4.69) is 23.7 Å². The largest absolute Gasteiger partial charge is 0.457 e. The topological polar surface area (TPSA) is 91.7 Å². The molecule has 0 saturated heterocycles. The number of nitriles is 2. The Balaban J connectivity index is 2.09. The predicted molar refractivity (Wildman–Crippen MR) is 108 cm³/mol. The molecule has 0 unspecified atom stereocenters. The quantitative estimate of drug-likeness (QED) is 0.471. The second-order valence-corrected chi connectivity index (χ2v) is 7.75. The van der Waals surface area contributed by atoms with Crippen molar-refractivity contribution in [2.45, 2.75) is 26.3 Å². The molecule has 3 rings (SSSR count). The second-order valence-electron chi connectivity index (χ2n) is 6.75. The van der Waals surface area contributed by atoms with Gasteiger partial charge in [0.25, 0.3) is 0 Å². The fraction of sp³-hybridized carbons (Fsp3) is 0.238. The third-order valence-corrected chi connectivity index (χ3v) is 5.55. The lowest BCUT2D eigenvalue weighted by Crippen LogP contribution is -2.22. The molecule has 0 spiro atoms. The number of benzene rings is 1. The number of esters is 1. The number of thiazole rings is 1. The van der Waals surface area contributed by atoms with Crippen LogP contribution in [-0.4, -0.2) is 22.1 Å². The maximum Gasteiger partial charge on any atom is 0.350 e. The summed E-state index contributed by atoms with van der Waals surface area (Å²) in [6.45, 7) is 9.03. The molecular formula is C21H18N4O2S. The first-order valence-electron chi connectivity index (χ1n) is 8.55. The number of ether oxygens (including phenoxy) is 1. The normalized spacial score (nSPS) is 11.0.